The highest BCUT2D eigenvalue weighted by Crippen LogP contribution is 2.41. The van der Waals surface area contributed by atoms with E-state index in [2.05, 4.69) is 5.32 Å². The molecule has 0 aliphatic heterocycles. The van der Waals surface area contributed by atoms with Gasteiger partial charge in [0.1, 0.15) is 29.5 Å². The Morgan fingerprint density at radius 1 is 0.667 bits per heavy atom. The number of amides is 2. The Bertz CT molecular complexity index is 1390. The van der Waals surface area contributed by atoms with E-state index < -0.39 is 11.6 Å². The second-order valence-electron chi connectivity index (χ2n) is 11.4. The minimum absolute atomic E-state index is 0.00398. The lowest BCUT2D eigenvalue weighted by Gasteiger charge is -2.37. The normalized spacial score (nSPS) is 11.0. The van der Waals surface area contributed by atoms with Gasteiger partial charge in [0.15, 0.2) is 0 Å². The first-order chi connectivity index (χ1) is 23.2. The third-order valence-corrected chi connectivity index (χ3v) is 7.95. The highest BCUT2D eigenvalue weighted by Gasteiger charge is 2.38. The molecule has 0 saturated heterocycles. The van der Waals surface area contributed by atoms with E-state index in [4.69, 9.17) is 18.9 Å². The van der Waals surface area contributed by atoms with Crippen molar-refractivity contribution in [3.8, 4) is 11.5 Å². The summed E-state index contributed by atoms with van der Waals surface area (Å²) >= 11 is 0. The molecule has 2 amide bonds. The topological polar surface area (TPSA) is 120 Å². The van der Waals surface area contributed by atoms with Gasteiger partial charge in [-0.1, -0.05) is 61.0 Å². The number of carbonyl (C=O) groups excluding carboxylic acids is 4. The van der Waals surface area contributed by atoms with Gasteiger partial charge in [-0.2, -0.15) is 0 Å². The van der Waals surface area contributed by atoms with E-state index in [1.165, 1.54) is 13.8 Å². The van der Waals surface area contributed by atoms with Crippen LogP contribution in [-0.4, -0.2) is 75.5 Å². The van der Waals surface area contributed by atoms with Gasteiger partial charge in [-0.15, -0.1) is 0 Å². The smallest absolute Gasteiger partial charge is 0.306 e. The van der Waals surface area contributed by atoms with Crippen molar-refractivity contribution in [2.45, 2.75) is 58.0 Å². The molecule has 0 heterocycles. The van der Waals surface area contributed by atoms with E-state index in [0.29, 0.717) is 30.9 Å². The van der Waals surface area contributed by atoms with Gasteiger partial charge < -0.3 is 34.0 Å². The van der Waals surface area contributed by atoms with Crippen molar-refractivity contribution in [2.24, 2.45) is 0 Å². The fourth-order valence-electron chi connectivity index (χ4n) is 5.36. The van der Waals surface area contributed by atoms with Gasteiger partial charge in [-0.05, 0) is 60.7 Å². The zero-order valence-corrected chi connectivity index (χ0v) is 28.5. The maximum absolute atomic E-state index is 13.5. The summed E-state index contributed by atoms with van der Waals surface area (Å²) in [6.45, 7) is 4.07. The molecule has 0 fully saturated rings. The fraction of sp³-hybridized carbons (Fsp3) is 0.421. The lowest BCUT2D eigenvalue weighted by molar-refractivity contribution is -0.147. The summed E-state index contributed by atoms with van der Waals surface area (Å²) in [4.78, 5) is 49.7. The van der Waals surface area contributed by atoms with Crippen LogP contribution in [0.1, 0.15) is 69.1 Å². The van der Waals surface area contributed by atoms with Crippen molar-refractivity contribution in [3.05, 3.63) is 95.6 Å². The molecular weight excluding hydrogens is 612 g/mol. The molecule has 0 aromatic heterocycles. The van der Waals surface area contributed by atoms with Crippen LogP contribution in [0.4, 0.5) is 0 Å². The van der Waals surface area contributed by atoms with E-state index in [9.17, 15) is 19.2 Å². The number of hydrogen-bond donors (Lipinski definition) is 1. The van der Waals surface area contributed by atoms with Crippen molar-refractivity contribution >= 4 is 23.6 Å². The molecule has 3 aromatic carbocycles. The molecule has 10 heteroatoms. The number of ketones is 1. The quantitative estimate of drug-likeness (QED) is 0.0910. The number of methoxy groups -OCH3 is 2. The Hall–Kier alpha value is -4.70. The number of benzene rings is 3. The van der Waals surface area contributed by atoms with E-state index >= 15 is 0 Å². The van der Waals surface area contributed by atoms with Crippen LogP contribution in [-0.2, 0) is 34.3 Å². The second-order valence-corrected chi connectivity index (χ2v) is 11.4. The average Bonchev–Trinajstić information content (AvgIpc) is 3.10. The monoisotopic (exact) mass is 660 g/mol. The van der Waals surface area contributed by atoms with Gasteiger partial charge in [0.25, 0.3) is 0 Å². The molecule has 0 unspecified atom stereocenters. The molecule has 48 heavy (non-hydrogen) atoms. The maximum atomic E-state index is 13.5. The lowest BCUT2D eigenvalue weighted by atomic mass is 9.80. The summed E-state index contributed by atoms with van der Waals surface area (Å²) in [7, 11) is 3.24. The lowest BCUT2D eigenvalue weighted by Crippen LogP contribution is -2.40. The zero-order chi connectivity index (χ0) is 34.8. The summed E-state index contributed by atoms with van der Waals surface area (Å²) in [5, 5.41) is 2.77. The van der Waals surface area contributed by atoms with Crippen LogP contribution in [0.3, 0.4) is 0 Å². The number of nitrogens with one attached hydrogen (secondary N) is 1. The van der Waals surface area contributed by atoms with Crippen LogP contribution in [0.15, 0.2) is 78.9 Å². The Kier molecular flexibility index (Phi) is 15.6. The SMILES string of the molecule is COc1ccc(C(OCCN(CCOC(=O)CCC(C)=O)C(=O)CCCCCNC(C)=O)(c2ccccc2)c2ccc(OC)cc2)cc1. The van der Waals surface area contributed by atoms with Crippen LogP contribution >= 0.6 is 0 Å². The number of esters is 1. The first kappa shape index (κ1) is 37.8. The highest BCUT2D eigenvalue weighted by atomic mass is 16.5. The fourth-order valence-corrected chi connectivity index (χ4v) is 5.36. The number of unbranched alkanes of at least 4 members (excludes halogenated alkanes) is 2. The van der Waals surface area contributed by atoms with Crippen LogP contribution < -0.4 is 14.8 Å². The third kappa shape index (κ3) is 11.5. The van der Waals surface area contributed by atoms with Crippen molar-refractivity contribution < 1.29 is 38.1 Å². The maximum Gasteiger partial charge on any atom is 0.306 e. The van der Waals surface area contributed by atoms with Gasteiger partial charge >= 0.3 is 5.97 Å². The second kappa shape index (κ2) is 19.8. The zero-order valence-electron chi connectivity index (χ0n) is 28.5. The van der Waals surface area contributed by atoms with Crippen molar-refractivity contribution in [1.82, 2.24) is 10.2 Å². The van der Waals surface area contributed by atoms with Gasteiger partial charge in [0.05, 0.1) is 33.8 Å². The van der Waals surface area contributed by atoms with E-state index in [1.807, 2.05) is 78.9 Å². The van der Waals surface area contributed by atoms with Crippen molar-refractivity contribution in [1.29, 1.82) is 0 Å². The molecule has 0 saturated carbocycles. The van der Waals surface area contributed by atoms with Crippen molar-refractivity contribution in [3.63, 3.8) is 0 Å². The summed E-state index contributed by atoms with van der Waals surface area (Å²) < 4.78 is 23.2. The predicted octanol–water partition coefficient (Wildman–Crippen LogP) is 5.45. The summed E-state index contributed by atoms with van der Waals surface area (Å²) in [5.74, 6) is 0.691. The number of hydrogen-bond acceptors (Lipinski definition) is 8. The Balaban J connectivity index is 1.85. The Morgan fingerprint density at radius 3 is 1.77 bits per heavy atom. The third-order valence-electron chi connectivity index (χ3n) is 7.95. The number of rotatable bonds is 21. The Morgan fingerprint density at radius 2 is 1.23 bits per heavy atom. The number of ether oxygens (including phenoxy) is 4. The molecule has 1 N–H and O–H groups in total. The van der Waals surface area contributed by atoms with Crippen LogP contribution in [0.5, 0.6) is 11.5 Å². The van der Waals surface area contributed by atoms with E-state index in [1.54, 1.807) is 19.1 Å². The standard InChI is InChI=1S/C38H48N2O8/c1-29(41)14-23-37(44)47-27-25-40(36(43)13-9-6-10-24-39-30(2)42)26-28-48-38(31-11-7-5-8-12-31,32-15-19-34(45-3)20-16-32)33-17-21-35(46-4)22-18-33/h5,7-8,11-12,15-22H,6,9-10,13-14,23-28H2,1-4H3,(H,39,42). The van der Waals surface area contributed by atoms with Gasteiger partial charge in [0, 0.05) is 32.9 Å². The van der Waals surface area contributed by atoms with Crippen LogP contribution in [0, 0.1) is 0 Å². The largest absolute Gasteiger partial charge is 0.497 e. The average molecular weight is 661 g/mol. The van der Waals surface area contributed by atoms with Crippen LogP contribution in [0.2, 0.25) is 0 Å². The molecule has 10 nitrogen and oxygen atoms in total. The molecule has 3 rings (SSSR count). The molecule has 0 atom stereocenters. The number of carbonyl (C=O) groups is 4. The molecule has 0 spiro atoms. The van der Waals surface area contributed by atoms with Crippen molar-refractivity contribution in [2.75, 3.05) is 47.1 Å². The first-order valence-electron chi connectivity index (χ1n) is 16.4. The van der Waals surface area contributed by atoms with E-state index in [0.717, 1.165) is 29.5 Å². The number of Topliss-reactive ketones (excluding diaryl/α,β-unsaturated/α-hetero) is 1. The molecular formula is C38H48N2O8. The van der Waals surface area contributed by atoms with E-state index in [-0.39, 0.29) is 56.7 Å². The number of nitrogens with zero attached hydrogens (tertiary/aromatic N) is 1. The molecule has 258 valence electrons. The Labute approximate surface area is 283 Å². The first-order valence-corrected chi connectivity index (χ1v) is 16.4. The molecule has 3 aromatic rings. The van der Waals surface area contributed by atoms with Crippen LogP contribution in [0.25, 0.3) is 0 Å². The molecule has 0 bridgehead atoms. The summed E-state index contributed by atoms with van der Waals surface area (Å²) in [5.41, 5.74) is 1.60. The minimum Gasteiger partial charge on any atom is -0.497 e. The summed E-state index contributed by atoms with van der Waals surface area (Å²) in [6, 6.07) is 25.4. The predicted molar refractivity (Wildman–Crippen MR) is 183 cm³/mol. The van der Waals surface area contributed by atoms with Gasteiger partial charge in [0.2, 0.25) is 11.8 Å². The molecule has 0 aliphatic carbocycles. The summed E-state index contributed by atoms with van der Waals surface area (Å²) in [6.07, 6.45) is 2.63. The minimum atomic E-state index is -1.04. The molecule has 0 aliphatic rings. The van der Waals surface area contributed by atoms with Gasteiger partial charge in [-0.3, -0.25) is 14.4 Å². The highest BCUT2D eigenvalue weighted by molar-refractivity contribution is 5.81. The van der Waals surface area contributed by atoms with Gasteiger partial charge in [-0.25, -0.2) is 0 Å². The molecule has 0 radical (unpaired) electrons.